The van der Waals surface area contributed by atoms with Crippen molar-refractivity contribution in [1.82, 2.24) is 5.32 Å². The standard InChI is InChI=1S/C17H26BrNO2/c1-4-19-15(17(21-5-2)12-6-7-12)11-13-10-14(18)8-9-16(13)20-3/h8-10,12,15,17,19H,4-7,11H2,1-3H3. The molecule has 21 heavy (non-hydrogen) atoms. The van der Waals surface area contributed by atoms with Gasteiger partial charge in [0.15, 0.2) is 0 Å². The summed E-state index contributed by atoms with van der Waals surface area (Å²) >= 11 is 3.56. The van der Waals surface area contributed by atoms with Crippen molar-refractivity contribution in [3.63, 3.8) is 0 Å². The molecule has 0 heterocycles. The van der Waals surface area contributed by atoms with Crippen molar-refractivity contribution in [2.75, 3.05) is 20.3 Å². The molecule has 2 rings (SSSR count). The number of rotatable bonds is 9. The highest BCUT2D eigenvalue weighted by molar-refractivity contribution is 9.10. The summed E-state index contributed by atoms with van der Waals surface area (Å²) in [4.78, 5) is 0. The van der Waals surface area contributed by atoms with E-state index in [0.717, 1.165) is 29.8 Å². The van der Waals surface area contributed by atoms with Crippen LogP contribution >= 0.6 is 15.9 Å². The Morgan fingerprint density at radius 1 is 1.33 bits per heavy atom. The van der Waals surface area contributed by atoms with Crippen molar-refractivity contribution in [3.8, 4) is 5.75 Å². The van der Waals surface area contributed by atoms with Crippen LogP contribution in [0.1, 0.15) is 32.3 Å². The van der Waals surface area contributed by atoms with Gasteiger partial charge in [-0.3, -0.25) is 0 Å². The smallest absolute Gasteiger partial charge is 0.122 e. The number of methoxy groups -OCH3 is 1. The predicted molar refractivity (Wildman–Crippen MR) is 90.0 cm³/mol. The zero-order valence-corrected chi connectivity index (χ0v) is 14.8. The van der Waals surface area contributed by atoms with Gasteiger partial charge in [0.05, 0.1) is 13.2 Å². The third kappa shape index (κ3) is 4.70. The van der Waals surface area contributed by atoms with Gasteiger partial charge in [0.2, 0.25) is 0 Å². The average molecular weight is 356 g/mol. The largest absolute Gasteiger partial charge is 0.496 e. The van der Waals surface area contributed by atoms with Crippen molar-refractivity contribution >= 4 is 15.9 Å². The Morgan fingerprint density at radius 2 is 2.10 bits per heavy atom. The first-order chi connectivity index (χ1) is 10.2. The summed E-state index contributed by atoms with van der Waals surface area (Å²) in [6.45, 7) is 5.97. The lowest BCUT2D eigenvalue weighted by molar-refractivity contribution is 0.0195. The van der Waals surface area contributed by atoms with Crippen LogP contribution in [-0.4, -0.2) is 32.4 Å². The average Bonchev–Trinajstić information content (AvgIpc) is 3.29. The Kier molecular flexibility index (Phi) is 6.52. The van der Waals surface area contributed by atoms with E-state index in [1.54, 1.807) is 7.11 Å². The second kappa shape index (κ2) is 8.16. The normalized spacial score (nSPS) is 17.5. The molecule has 1 N–H and O–H groups in total. The van der Waals surface area contributed by atoms with Crippen molar-refractivity contribution in [3.05, 3.63) is 28.2 Å². The van der Waals surface area contributed by atoms with Crippen LogP contribution in [0, 0.1) is 5.92 Å². The van der Waals surface area contributed by atoms with Crippen LogP contribution in [0.5, 0.6) is 5.75 Å². The second-order valence-corrected chi connectivity index (χ2v) is 6.50. The van der Waals surface area contributed by atoms with Crippen molar-refractivity contribution in [1.29, 1.82) is 0 Å². The molecule has 0 radical (unpaired) electrons. The Bertz CT molecular complexity index is 448. The molecule has 1 saturated carbocycles. The molecule has 1 fully saturated rings. The number of halogens is 1. The molecule has 2 atom stereocenters. The SMILES string of the molecule is CCNC(Cc1cc(Br)ccc1OC)C(OCC)C1CC1. The van der Waals surface area contributed by atoms with E-state index in [1.807, 2.05) is 12.1 Å². The molecular weight excluding hydrogens is 330 g/mol. The highest BCUT2D eigenvalue weighted by Gasteiger charge is 2.37. The quantitative estimate of drug-likeness (QED) is 0.730. The lowest BCUT2D eigenvalue weighted by Gasteiger charge is -2.28. The summed E-state index contributed by atoms with van der Waals surface area (Å²) in [5.74, 6) is 1.67. The molecule has 0 saturated heterocycles. The van der Waals surface area contributed by atoms with Crippen LogP contribution < -0.4 is 10.1 Å². The molecule has 1 aromatic rings. The highest BCUT2D eigenvalue weighted by atomic mass is 79.9. The predicted octanol–water partition coefficient (Wildman–Crippen LogP) is 3.79. The van der Waals surface area contributed by atoms with Gasteiger partial charge in [0.25, 0.3) is 0 Å². The Hall–Kier alpha value is -0.580. The second-order valence-electron chi connectivity index (χ2n) is 5.58. The molecule has 0 aliphatic heterocycles. The van der Waals surface area contributed by atoms with Gasteiger partial charge in [-0.2, -0.15) is 0 Å². The van der Waals surface area contributed by atoms with E-state index in [2.05, 4.69) is 41.2 Å². The van der Waals surface area contributed by atoms with Crippen molar-refractivity contribution in [2.45, 2.75) is 45.3 Å². The molecule has 118 valence electrons. The van der Waals surface area contributed by atoms with Crippen molar-refractivity contribution in [2.24, 2.45) is 5.92 Å². The number of benzene rings is 1. The number of hydrogen-bond donors (Lipinski definition) is 1. The van der Waals surface area contributed by atoms with Gasteiger partial charge in [-0.25, -0.2) is 0 Å². The number of hydrogen-bond acceptors (Lipinski definition) is 3. The molecule has 4 heteroatoms. The van der Waals surface area contributed by atoms with E-state index < -0.39 is 0 Å². The lowest BCUT2D eigenvalue weighted by atomic mass is 9.97. The van der Waals surface area contributed by atoms with Crippen LogP contribution in [0.3, 0.4) is 0 Å². The van der Waals surface area contributed by atoms with Crippen LogP contribution in [0.2, 0.25) is 0 Å². The molecule has 1 aliphatic carbocycles. The maximum Gasteiger partial charge on any atom is 0.122 e. The molecular formula is C17H26BrNO2. The number of likely N-dealkylation sites (N-methyl/N-ethyl adjacent to an activating group) is 1. The molecule has 1 aromatic carbocycles. The summed E-state index contributed by atoms with van der Waals surface area (Å²) < 4.78 is 12.6. The Morgan fingerprint density at radius 3 is 2.67 bits per heavy atom. The first-order valence-electron chi connectivity index (χ1n) is 7.87. The first kappa shape index (κ1) is 16.8. The number of ether oxygens (including phenoxy) is 2. The van der Waals surface area contributed by atoms with E-state index in [4.69, 9.17) is 9.47 Å². The Balaban J connectivity index is 2.16. The molecule has 0 spiro atoms. The fourth-order valence-electron chi connectivity index (χ4n) is 2.91. The van der Waals surface area contributed by atoms with Gasteiger partial charge in [-0.05, 0) is 62.4 Å². The number of nitrogens with one attached hydrogen (secondary N) is 1. The molecule has 2 unspecified atom stereocenters. The third-order valence-corrected chi connectivity index (χ3v) is 4.48. The molecule has 3 nitrogen and oxygen atoms in total. The summed E-state index contributed by atoms with van der Waals surface area (Å²) in [7, 11) is 1.73. The minimum atomic E-state index is 0.304. The lowest BCUT2D eigenvalue weighted by Crippen LogP contribution is -2.44. The van der Waals surface area contributed by atoms with Gasteiger partial charge < -0.3 is 14.8 Å². The minimum Gasteiger partial charge on any atom is -0.496 e. The van der Waals surface area contributed by atoms with Crippen LogP contribution in [-0.2, 0) is 11.2 Å². The molecule has 0 bridgehead atoms. The zero-order valence-electron chi connectivity index (χ0n) is 13.2. The topological polar surface area (TPSA) is 30.5 Å². The third-order valence-electron chi connectivity index (χ3n) is 3.99. The van der Waals surface area contributed by atoms with Gasteiger partial charge >= 0.3 is 0 Å². The highest BCUT2D eigenvalue weighted by Crippen LogP contribution is 2.37. The molecule has 1 aliphatic rings. The van der Waals surface area contributed by atoms with E-state index in [1.165, 1.54) is 18.4 Å². The van der Waals surface area contributed by atoms with Gasteiger partial charge in [-0.1, -0.05) is 22.9 Å². The van der Waals surface area contributed by atoms with Gasteiger partial charge in [0.1, 0.15) is 5.75 Å². The maximum atomic E-state index is 6.04. The van der Waals surface area contributed by atoms with E-state index in [0.29, 0.717) is 18.1 Å². The van der Waals surface area contributed by atoms with E-state index in [-0.39, 0.29) is 0 Å². The summed E-state index contributed by atoms with van der Waals surface area (Å²) in [6.07, 6.45) is 3.82. The van der Waals surface area contributed by atoms with Crippen LogP contribution in [0.15, 0.2) is 22.7 Å². The summed E-state index contributed by atoms with van der Waals surface area (Å²) in [5.41, 5.74) is 1.23. The summed E-state index contributed by atoms with van der Waals surface area (Å²) in [6, 6.07) is 6.53. The van der Waals surface area contributed by atoms with E-state index >= 15 is 0 Å². The Labute approximate surface area is 136 Å². The molecule has 0 aromatic heterocycles. The van der Waals surface area contributed by atoms with Crippen LogP contribution in [0.4, 0.5) is 0 Å². The van der Waals surface area contributed by atoms with Gasteiger partial charge in [-0.15, -0.1) is 0 Å². The first-order valence-corrected chi connectivity index (χ1v) is 8.66. The van der Waals surface area contributed by atoms with Crippen LogP contribution in [0.25, 0.3) is 0 Å². The minimum absolute atomic E-state index is 0.304. The summed E-state index contributed by atoms with van der Waals surface area (Å²) in [5, 5.41) is 3.61. The maximum absolute atomic E-state index is 6.04. The fourth-order valence-corrected chi connectivity index (χ4v) is 3.32. The van der Waals surface area contributed by atoms with E-state index in [9.17, 15) is 0 Å². The monoisotopic (exact) mass is 355 g/mol. The van der Waals surface area contributed by atoms with Crippen molar-refractivity contribution < 1.29 is 9.47 Å². The zero-order chi connectivity index (χ0) is 15.2. The fraction of sp³-hybridized carbons (Fsp3) is 0.647. The van der Waals surface area contributed by atoms with Gasteiger partial charge in [0, 0.05) is 17.1 Å². The molecule has 0 amide bonds.